The zero-order chi connectivity index (χ0) is 16.8. The highest BCUT2D eigenvalue weighted by atomic mass is 127. The van der Waals surface area contributed by atoms with Gasteiger partial charge in [0.05, 0.1) is 16.4 Å². The minimum absolute atomic E-state index is 0.254. The van der Waals surface area contributed by atoms with E-state index >= 15 is 0 Å². The van der Waals surface area contributed by atoms with Crippen LogP contribution in [0.25, 0.3) is 32.9 Å². The molecule has 0 unspecified atom stereocenters. The first kappa shape index (κ1) is 14.9. The molecule has 0 radical (unpaired) electrons. The number of aldehydes is 1. The Morgan fingerprint density at radius 3 is 2.83 bits per heavy atom. The Hall–Kier alpha value is -2.68. The fourth-order valence-corrected chi connectivity index (χ4v) is 3.94. The number of halogens is 1. The molecule has 4 aromatic rings. The number of fused-ring (bicyclic) bond motifs is 3. The molecular weight excluding hydrogens is 417 g/mol. The summed E-state index contributed by atoms with van der Waals surface area (Å²) in [4.78, 5) is 22.9. The standard InChI is InChI=1S/C17H12IN5O/c18-13-11(9-3-1-2-8(6-9)7-24)14-10(4-5-21-14)12-15(13)22-17(20)23-16(12)19/h1-7H,19H2,(H3,20,22,23). The Balaban J connectivity index is 2.20. The molecule has 4 rings (SSSR count). The summed E-state index contributed by atoms with van der Waals surface area (Å²) >= 11 is 2.25. The lowest BCUT2D eigenvalue weighted by Gasteiger charge is -2.13. The first-order chi connectivity index (χ1) is 11.6. The van der Waals surface area contributed by atoms with Gasteiger partial charge in [0, 0.05) is 26.3 Å². The largest absolute Gasteiger partial charge is 0.383 e. The van der Waals surface area contributed by atoms with Crippen LogP contribution in [0, 0.1) is 3.57 Å². The average Bonchev–Trinajstić information content (AvgIpc) is 3.03. The third-order valence-electron chi connectivity index (χ3n) is 3.96. The van der Waals surface area contributed by atoms with Crippen LogP contribution < -0.4 is 11.5 Å². The van der Waals surface area contributed by atoms with Gasteiger partial charge in [-0.3, -0.25) is 9.78 Å². The minimum Gasteiger partial charge on any atom is -0.383 e. The van der Waals surface area contributed by atoms with Crippen LogP contribution in [-0.4, -0.2) is 21.2 Å². The number of aromatic nitrogens is 3. The molecule has 0 amide bonds. The Morgan fingerprint density at radius 2 is 2.04 bits per heavy atom. The number of nitrogen functional groups attached to an aromatic ring is 2. The van der Waals surface area contributed by atoms with Crippen LogP contribution in [0.5, 0.6) is 0 Å². The molecule has 2 aromatic carbocycles. The molecule has 6 nitrogen and oxygen atoms in total. The van der Waals surface area contributed by atoms with E-state index in [1.54, 1.807) is 12.3 Å². The van der Waals surface area contributed by atoms with Crippen molar-refractivity contribution >= 4 is 62.4 Å². The smallest absolute Gasteiger partial charge is 0.199 e. The van der Waals surface area contributed by atoms with Crippen LogP contribution in [0.1, 0.15) is 10.4 Å². The summed E-state index contributed by atoms with van der Waals surface area (Å²) in [5.74, 6) is 0.620. The van der Waals surface area contributed by atoms with Crippen molar-refractivity contribution in [2.24, 2.45) is 0 Å². The maximum absolute atomic E-state index is 11.1. The predicted octanol–water partition coefficient (Wildman–Crippen LogP) is 3.36. The number of anilines is 2. The molecule has 0 bridgehead atoms. The fourth-order valence-electron chi connectivity index (χ4n) is 2.97. The van der Waals surface area contributed by atoms with Crippen LogP contribution >= 0.6 is 22.6 Å². The second-order valence-electron chi connectivity index (χ2n) is 5.40. The number of aromatic amines is 1. The van der Waals surface area contributed by atoms with E-state index in [1.807, 2.05) is 24.3 Å². The third-order valence-corrected chi connectivity index (χ3v) is 5.04. The van der Waals surface area contributed by atoms with E-state index in [0.717, 1.165) is 42.8 Å². The number of hydrogen-bond donors (Lipinski definition) is 3. The van der Waals surface area contributed by atoms with Crippen molar-refractivity contribution in [3.63, 3.8) is 0 Å². The number of nitrogens with one attached hydrogen (secondary N) is 1. The minimum atomic E-state index is 0.254. The number of rotatable bonds is 2. The Labute approximate surface area is 150 Å². The van der Waals surface area contributed by atoms with Crippen LogP contribution in [0.2, 0.25) is 0 Å². The van der Waals surface area contributed by atoms with Crippen molar-refractivity contribution in [3.8, 4) is 11.1 Å². The molecule has 2 heterocycles. The van der Waals surface area contributed by atoms with Gasteiger partial charge in [0.25, 0.3) is 0 Å². The van der Waals surface area contributed by atoms with E-state index in [9.17, 15) is 4.79 Å². The van der Waals surface area contributed by atoms with E-state index in [-0.39, 0.29) is 5.95 Å². The van der Waals surface area contributed by atoms with Crippen LogP contribution in [0.4, 0.5) is 11.8 Å². The second kappa shape index (κ2) is 5.45. The molecule has 0 saturated heterocycles. The van der Waals surface area contributed by atoms with Gasteiger partial charge in [-0.1, -0.05) is 18.2 Å². The van der Waals surface area contributed by atoms with Crippen LogP contribution in [-0.2, 0) is 0 Å². The monoisotopic (exact) mass is 429 g/mol. The molecule has 0 saturated carbocycles. The Morgan fingerprint density at radius 1 is 1.21 bits per heavy atom. The van der Waals surface area contributed by atoms with Crippen molar-refractivity contribution in [2.45, 2.75) is 0 Å². The summed E-state index contributed by atoms with van der Waals surface area (Å²) in [6.07, 6.45) is 2.57. The number of carbonyl (C=O) groups is 1. The van der Waals surface area contributed by atoms with Crippen LogP contribution in [0.15, 0.2) is 36.5 Å². The number of hydrogen-bond acceptors (Lipinski definition) is 5. The molecule has 0 aliphatic carbocycles. The van der Waals surface area contributed by atoms with Crippen molar-refractivity contribution in [3.05, 3.63) is 45.7 Å². The topological polar surface area (TPSA) is 111 Å². The molecule has 0 aliphatic rings. The maximum atomic E-state index is 11.1. The first-order valence-corrected chi connectivity index (χ1v) is 8.24. The summed E-state index contributed by atoms with van der Waals surface area (Å²) in [6, 6.07) is 9.33. The Bertz CT molecular complexity index is 1120. The number of nitrogens with two attached hydrogens (primary N) is 2. The fraction of sp³-hybridized carbons (Fsp3) is 0. The summed E-state index contributed by atoms with van der Waals surface area (Å²) in [6.45, 7) is 0. The summed E-state index contributed by atoms with van der Waals surface area (Å²) < 4.78 is 0.928. The summed E-state index contributed by atoms with van der Waals surface area (Å²) in [5.41, 5.74) is 16.0. The molecule has 118 valence electrons. The highest BCUT2D eigenvalue weighted by Gasteiger charge is 2.19. The molecule has 0 spiro atoms. The van der Waals surface area contributed by atoms with Gasteiger partial charge in [-0.15, -0.1) is 0 Å². The first-order valence-electron chi connectivity index (χ1n) is 7.16. The van der Waals surface area contributed by atoms with E-state index in [1.165, 1.54) is 0 Å². The van der Waals surface area contributed by atoms with Crippen molar-refractivity contribution in [2.75, 3.05) is 11.5 Å². The van der Waals surface area contributed by atoms with Gasteiger partial charge in [0.1, 0.15) is 12.1 Å². The lowest BCUT2D eigenvalue weighted by Crippen LogP contribution is -2.03. The Kier molecular flexibility index (Phi) is 3.38. The zero-order valence-electron chi connectivity index (χ0n) is 12.4. The summed E-state index contributed by atoms with van der Waals surface area (Å²) in [5, 5.41) is 1.70. The van der Waals surface area contributed by atoms with Gasteiger partial charge < -0.3 is 16.5 Å². The van der Waals surface area contributed by atoms with Gasteiger partial charge in [-0.25, -0.2) is 0 Å². The number of benzene rings is 2. The molecule has 0 fully saturated rings. The molecule has 0 aliphatic heterocycles. The highest BCUT2D eigenvalue weighted by molar-refractivity contribution is 14.1. The third kappa shape index (κ3) is 2.12. The van der Waals surface area contributed by atoms with Crippen LogP contribution in [0.3, 0.4) is 0 Å². The predicted molar refractivity (Wildman–Crippen MR) is 104 cm³/mol. The number of H-pyrrole nitrogens is 1. The SMILES string of the molecule is Nc1nc(N)c2c([nH]1)c(I)c(-c1cccc(C=O)c1)c1nccc12. The molecule has 0 atom stereocenters. The second-order valence-corrected chi connectivity index (χ2v) is 6.48. The maximum Gasteiger partial charge on any atom is 0.199 e. The quantitative estimate of drug-likeness (QED) is 0.334. The highest BCUT2D eigenvalue weighted by Crippen LogP contribution is 2.40. The lowest BCUT2D eigenvalue weighted by molar-refractivity contribution is 0.112. The van der Waals surface area contributed by atoms with E-state index in [2.05, 4.69) is 37.5 Å². The average molecular weight is 429 g/mol. The van der Waals surface area contributed by atoms with E-state index in [4.69, 9.17) is 11.5 Å². The molecule has 2 aromatic heterocycles. The zero-order valence-corrected chi connectivity index (χ0v) is 14.5. The van der Waals surface area contributed by atoms with Crippen molar-refractivity contribution < 1.29 is 4.79 Å². The van der Waals surface area contributed by atoms with E-state index < -0.39 is 0 Å². The van der Waals surface area contributed by atoms with Gasteiger partial charge in [-0.05, 0) is 40.3 Å². The molecule has 5 N–H and O–H groups in total. The van der Waals surface area contributed by atoms with Crippen molar-refractivity contribution in [1.29, 1.82) is 0 Å². The van der Waals surface area contributed by atoms with Gasteiger partial charge >= 0.3 is 0 Å². The molecule has 24 heavy (non-hydrogen) atoms. The van der Waals surface area contributed by atoms with Gasteiger partial charge in [-0.2, -0.15) is 4.98 Å². The number of carbonyl (C=O) groups excluding carboxylic acids is 1. The van der Waals surface area contributed by atoms with E-state index in [0.29, 0.717) is 11.4 Å². The van der Waals surface area contributed by atoms with Crippen molar-refractivity contribution in [1.82, 2.24) is 15.0 Å². The normalized spacial score (nSPS) is 11.2. The lowest BCUT2D eigenvalue weighted by atomic mass is 9.98. The molecular formula is C17H12IN5O. The summed E-state index contributed by atoms with van der Waals surface area (Å²) in [7, 11) is 0. The van der Waals surface area contributed by atoms with Gasteiger partial charge in [0.2, 0.25) is 0 Å². The van der Waals surface area contributed by atoms with Gasteiger partial charge in [0.15, 0.2) is 5.95 Å². The number of nitrogens with zero attached hydrogens (tertiary/aromatic N) is 2. The molecule has 7 heteroatoms.